The number of aromatic nitrogens is 1. The summed E-state index contributed by atoms with van der Waals surface area (Å²) >= 11 is 1.44. The number of Topliss-reactive ketones (excluding diaryl/α,β-unsaturated/α-hetero) is 1. The SMILES string of the molecule is O=C1CC(c2ccc3ccccc3c2)NC2NN(c3nc4ccccc4s3)C(=O)C12. The van der Waals surface area contributed by atoms with Gasteiger partial charge in [-0.25, -0.2) is 15.4 Å². The first-order valence-electron chi connectivity index (χ1n) is 9.90. The summed E-state index contributed by atoms with van der Waals surface area (Å²) in [6.07, 6.45) is -0.150. The van der Waals surface area contributed by atoms with E-state index in [1.807, 2.05) is 36.4 Å². The molecule has 3 atom stereocenters. The van der Waals surface area contributed by atoms with Gasteiger partial charge in [0.2, 0.25) is 5.13 Å². The standard InChI is InChI=1S/C23H18N4O2S/c28-18-12-17(15-10-9-13-5-1-2-6-14(13)11-15)24-21-20(18)22(29)27(26-21)23-25-16-7-3-4-8-19(16)30-23/h1-11,17,20-21,24,26H,12H2. The minimum Gasteiger partial charge on any atom is -0.299 e. The van der Waals surface area contributed by atoms with Crippen LogP contribution in [0.1, 0.15) is 18.0 Å². The normalized spacial score (nSPS) is 24.0. The number of piperidine rings is 1. The van der Waals surface area contributed by atoms with E-state index in [9.17, 15) is 9.59 Å². The molecule has 0 radical (unpaired) electrons. The zero-order valence-corrected chi connectivity index (χ0v) is 16.7. The zero-order chi connectivity index (χ0) is 20.2. The lowest BCUT2D eigenvalue weighted by atomic mass is 9.87. The molecule has 3 aromatic carbocycles. The predicted octanol–water partition coefficient (Wildman–Crippen LogP) is 3.55. The first-order valence-corrected chi connectivity index (χ1v) is 10.7. The van der Waals surface area contributed by atoms with Crippen LogP contribution in [0.5, 0.6) is 0 Å². The topological polar surface area (TPSA) is 74.3 Å². The number of thiazole rings is 1. The fraction of sp³-hybridized carbons (Fsp3) is 0.174. The van der Waals surface area contributed by atoms with Crippen molar-refractivity contribution >= 4 is 49.1 Å². The number of nitrogens with zero attached hydrogens (tertiary/aromatic N) is 2. The van der Waals surface area contributed by atoms with E-state index in [2.05, 4.69) is 46.1 Å². The highest BCUT2D eigenvalue weighted by Crippen LogP contribution is 2.35. The number of rotatable bonds is 2. The van der Waals surface area contributed by atoms with E-state index >= 15 is 0 Å². The fourth-order valence-corrected chi connectivity index (χ4v) is 5.30. The van der Waals surface area contributed by atoms with E-state index in [0.717, 1.165) is 26.6 Å². The molecular formula is C23H18N4O2S. The van der Waals surface area contributed by atoms with Crippen LogP contribution >= 0.6 is 11.3 Å². The van der Waals surface area contributed by atoms with E-state index in [-0.39, 0.29) is 17.7 Å². The van der Waals surface area contributed by atoms with Crippen molar-refractivity contribution < 1.29 is 9.59 Å². The number of hydrogen-bond donors (Lipinski definition) is 2. The smallest absolute Gasteiger partial charge is 0.257 e. The number of carbonyl (C=O) groups excluding carboxylic acids is 2. The lowest BCUT2D eigenvalue weighted by Gasteiger charge is -2.30. The Kier molecular flexibility index (Phi) is 3.95. The lowest BCUT2D eigenvalue weighted by Crippen LogP contribution is -2.52. The van der Waals surface area contributed by atoms with E-state index in [1.54, 1.807) is 0 Å². The van der Waals surface area contributed by atoms with E-state index in [4.69, 9.17) is 0 Å². The molecule has 1 aromatic heterocycles. The molecule has 1 amide bonds. The maximum absolute atomic E-state index is 13.0. The molecule has 0 bridgehead atoms. The van der Waals surface area contributed by atoms with Crippen LogP contribution in [0.2, 0.25) is 0 Å². The van der Waals surface area contributed by atoms with Crippen LogP contribution in [0.15, 0.2) is 66.7 Å². The molecule has 2 N–H and O–H groups in total. The number of anilines is 1. The number of fused-ring (bicyclic) bond motifs is 3. The molecule has 0 saturated carbocycles. The minimum atomic E-state index is -0.728. The van der Waals surface area contributed by atoms with Gasteiger partial charge in [-0.3, -0.25) is 14.9 Å². The van der Waals surface area contributed by atoms with Crippen molar-refractivity contribution in [2.24, 2.45) is 5.92 Å². The molecule has 2 aliphatic heterocycles. The van der Waals surface area contributed by atoms with Crippen LogP contribution in [-0.4, -0.2) is 22.8 Å². The molecule has 0 aliphatic carbocycles. The molecule has 6 rings (SSSR count). The lowest BCUT2D eigenvalue weighted by molar-refractivity contribution is -0.133. The number of amides is 1. The van der Waals surface area contributed by atoms with Gasteiger partial charge in [-0.15, -0.1) is 0 Å². The molecule has 7 heteroatoms. The Morgan fingerprint density at radius 2 is 1.77 bits per heavy atom. The van der Waals surface area contributed by atoms with Gasteiger partial charge in [0.1, 0.15) is 11.7 Å². The zero-order valence-electron chi connectivity index (χ0n) is 15.9. The first-order chi connectivity index (χ1) is 14.7. The molecule has 0 spiro atoms. The van der Waals surface area contributed by atoms with Gasteiger partial charge < -0.3 is 0 Å². The van der Waals surface area contributed by atoms with Crippen LogP contribution in [0.4, 0.5) is 5.13 Å². The third-order valence-electron chi connectivity index (χ3n) is 5.87. The number of benzene rings is 3. The quantitative estimate of drug-likeness (QED) is 0.491. The minimum absolute atomic E-state index is 0.0435. The highest BCUT2D eigenvalue weighted by atomic mass is 32.1. The summed E-state index contributed by atoms with van der Waals surface area (Å²) in [5, 5.41) is 7.78. The molecule has 30 heavy (non-hydrogen) atoms. The number of carbonyl (C=O) groups is 2. The van der Waals surface area contributed by atoms with Crippen molar-refractivity contribution in [1.82, 2.24) is 15.7 Å². The van der Waals surface area contributed by atoms with Crippen LogP contribution in [0.25, 0.3) is 21.0 Å². The molecule has 2 aliphatic rings. The average molecular weight is 414 g/mol. The van der Waals surface area contributed by atoms with Crippen LogP contribution in [-0.2, 0) is 9.59 Å². The number of nitrogens with one attached hydrogen (secondary N) is 2. The van der Waals surface area contributed by atoms with E-state index in [1.165, 1.54) is 16.3 Å². The Morgan fingerprint density at radius 3 is 2.63 bits per heavy atom. The summed E-state index contributed by atoms with van der Waals surface area (Å²) in [5.74, 6) is -1.01. The van der Waals surface area contributed by atoms with Gasteiger partial charge in [0.25, 0.3) is 5.91 Å². The van der Waals surface area contributed by atoms with Crippen molar-refractivity contribution in [3.63, 3.8) is 0 Å². The molecule has 2 saturated heterocycles. The summed E-state index contributed by atoms with van der Waals surface area (Å²) in [6.45, 7) is 0. The Hall–Kier alpha value is -3.13. The Bertz CT molecular complexity index is 1280. The molecule has 4 aromatic rings. The van der Waals surface area contributed by atoms with E-state index < -0.39 is 12.1 Å². The van der Waals surface area contributed by atoms with E-state index in [0.29, 0.717) is 11.6 Å². The van der Waals surface area contributed by atoms with Gasteiger partial charge in [0.15, 0.2) is 0 Å². The van der Waals surface area contributed by atoms with Crippen molar-refractivity contribution in [3.05, 3.63) is 72.3 Å². The molecular weight excluding hydrogens is 396 g/mol. The maximum Gasteiger partial charge on any atom is 0.257 e. The molecule has 2 fully saturated rings. The summed E-state index contributed by atoms with van der Waals surface area (Å²) < 4.78 is 1.00. The van der Waals surface area contributed by atoms with Crippen LogP contribution in [0, 0.1) is 5.92 Å². The van der Waals surface area contributed by atoms with Gasteiger partial charge in [-0.05, 0) is 34.5 Å². The second-order valence-corrected chi connectivity index (χ2v) is 8.73. The number of hydrazine groups is 1. The van der Waals surface area contributed by atoms with Crippen molar-refractivity contribution in [3.8, 4) is 0 Å². The maximum atomic E-state index is 13.0. The molecule has 3 unspecified atom stereocenters. The monoisotopic (exact) mass is 414 g/mol. The van der Waals surface area contributed by atoms with Crippen molar-refractivity contribution in [1.29, 1.82) is 0 Å². The summed E-state index contributed by atoms with van der Waals surface area (Å²) in [7, 11) is 0. The highest BCUT2D eigenvalue weighted by Gasteiger charge is 2.50. The Labute approximate surface area is 176 Å². The summed E-state index contributed by atoms with van der Waals surface area (Å²) in [4.78, 5) is 30.5. The number of ketones is 1. The largest absolute Gasteiger partial charge is 0.299 e. The van der Waals surface area contributed by atoms with Crippen molar-refractivity contribution in [2.45, 2.75) is 18.6 Å². The second-order valence-electron chi connectivity index (χ2n) is 7.72. The van der Waals surface area contributed by atoms with Gasteiger partial charge in [-0.1, -0.05) is 59.9 Å². The van der Waals surface area contributed by atoms with Crippen molar-refractivity contribution in [2.75, 3.05) is 5.01 Å². The number of para-hydroxylation sites is 1. The van der Waals surface area contributed by atoms with Gasteiger partial charge in [0, 0.05) is 12.5 Å². The molecule has 148 valence electrons. The van der Waals surface area contributed by atoms with Gasteiger partial charge in [0.05, 0.1) is 16.4 Å². The average Bonchev–Trinajstić information content (AvgIpc) is 3.34. The highest BCUT2D eigenvalue weighted by molar-refractivity contribution is 7.22. The third-order valence-corrected chi connectivity index (χ3v) is 6.89. The van der Waals surface area contributed by atoms with Crippen LogP contribution < -0.4 is 15.8 Å². The Balaban J connectivity index is 1.30. The van der Waals surface area contributed by atoms with Crippen LogP contribution in [0.3, 0.4) is 0 Å². The second kappa shape index (κ2) is 6.70. The fourth-order valence-electron chi connectivity index (χ4n) is 4.36. The summed E-state index contributed by atoms with van der Waals surface area (Å²) in [5.41, 5.74) is 5.08. The third kappa shape index (κ3) is 2.74. The van der Waals surface area contributed by atoms with Gasteiger partial charge in [-0.2, -0.15) is 0 Å². The predicted molar refractivity (Wildman–Crippen MR) is 117 cm³/mol. The number of hydrogen-bond acceptors (Lipinski definition) is 6. The van der Waals surface area contributed by atoms with Gasteiger partial charge >= 0.3 is 0 Å². The molecule has 3 heterocycles. The first kappa shape index (κ1) is 17.7. The Morgan fingerprint density at radius 1 is 0.967 bits per heavy atom. The molecule has 6 nitrogen and oxygen atoms in total. The summed E-state index contributed by atoms with van der Waals surface area (Å²) in [6, 6.07) is 22.0.